The van der Waals surface area contributed by atoms with Gasteiger partial charge in [-0.25, -0.2) is 4.79 Å². The van der Waals surface area contributed by atoms with Crippen LogP contribution in [0.3, 0.4) is 0 Å². The number of hydrogen-bond acceptors (Lipinski definition) is 2. The van der Waals surface area contributed by atoms with Crippen molar-refractivity contribution in [3.05, 3.63) is 0 Å². The van der Waals surface area contributed by atoms with Gasteiger partial charge in [-0.05, 0) is 39.5 Å². The summed E-state index contributed by atoms with van der Waals surface area (Å²) in [6.07, 6.45) is 4.52. The molecule has 0 radical (unpaired) electrons. The molecule has 0 aromatic rings. The van der Waals surface area contributed by atoms with Crippen LogP contribution in [0.5, 0.6) is 0 Å². The van der Waals surface area contributed by atoms with Gasteiger partial charge >= 0.3 is 6.03 Å². The molecule has 98 valence electrons. The average Bonchev–Trinajstić information content (AvgIpc) is 2.83. The van der Waals surface area contributed by atoms with Gasteiger partial charge < -0.3 is 15.1 Å². The Balaban J connectivity index is 1.72. The molecule has 4 heteroatoms. The molecule has 0 atom stereocenters. The van der Waals surface area contributed by atoms with Crippen LogP contribution in [-0.4, -0.2) is 54.1 Å². The van der Waals surface area contributed by atoms with Crippen molar-refractivity contribution in [2.45, 2.75) is 51.6 Å². The highest BCUT2D eigenvalue weighted by atomic mass is 16.2. The molecular weight excluding hydrogens is 214 g/mol. The third-order valence-electron chi connectivity index (χ3n) is 3.98. The number of nitrogens with zero attached hydrogens (tertiary/aromatic N) is 2. The van der Waals surface area contributed by atoms with Crippen LogP contribution in [0.15, 0.2) is 0 Å². The van der Waals surface area contributed by atoms with E-state index in [2.05, 4.69) is 24.1 Å². The van der Waals surface area contributed by atoms with Gasteiger partial charge in [-0.15, -0.1) is 0 Å². The maximum Gasteiger partial charge on any atom is 0.317 e. The van der Waals surface area contributed by atoms with Crippen molar-refractivity contribution in [1.82, 2.24) is 15.1 Å². The average molecular weight is 239 g/mol. The minimum Gasteiger partial charge on any atom is -0.335 e. The fraction of sp³-hybridized carbons (Fsp3) is 0.923. The minimum atomic E-state index is 0.158. The molecule has 2 aliphatic heterocycles. The molecule has 1 N–H and O–H groups in total. The number of amides is 2. The summed E-state index contributed by atoms with van der Waals surface area (Å²) in [4.78, 5) is 16.4. The summed E-state index contributed by atoms with van der Waals surface area (Å²) in [7, 11) is 0. The molecule has 4 nitrogen and oxygen atoms in total. The number of piperidine rings is 1. The van der Waals surface area contributed by atoms with Crippen LogP contribution in [0.2, 0.25) is 0 Å². The largest absolute Gasteiger partial charge is 0.335 e. The van der Waals surface area contributed by atoms with Crippen molar-refractivity contribution in [3.63, 3.8) is 0 Å². The number of urea groups is 1. The predicted octanol–water partition coefficient (Wildman–Crippen LogP) is 1.66. The second kappa shape index (κ2) is 5.71. The molecule has 2 aliphatic rings. The number of carbonyl (C=O) groups excluding carboxylic acids is 1. The van der Waals surface area contributed by atoms with E-state index in [1.807, 2.05) is 4.90 Å². The van der Waals surface area contributed by atoms with E-state index >= 15 is 0 Å². The van der Waals surface area contributed by atoms with Gasteiger partial charge in [0.1, 0.15) is 0 Å². The van der Waals surface area contributed by atoms with Crippen molar-refractivity contribution in [2.24, 2.45) is 0 Å². The van der Waals surface area contributed by atoms with Gasteiger partial charge in [-0.3, -0.25) is 0 Å². The number of nitrogens with one attached hydrogen (secondary N) is 1. The monoisotopic (exact) mass is 239 g/mol. The highest BCUT2D eigenvalue weighted by Crippen LogP contribution is 2.14. The fourth-order valence-electron chi connectivity index (χ4n) is 2.75. The predicted molar refractivity (Wildman–Crippen MR) is 69.1 cm³/mol. The Labute approximate surface area is 104 Å². The number of likely N-dealkylation sites (tertiary alicyclic amines) is 2. The van der Waals surface area contributed by atoms with E-state index in [9.17, 15) is 4.79 Å². The van der Waals surface area contributed by atoms with Crippen LogP contribution in [0.1, 0.15) is 39.5 Å². The normalized spacial score (nSPS) is 23.4. The molecule has 0 unspecified atom stereocenters. The summed E-state index contributed by atoms with van der Waals surface area (Å²) >= 11 is 0. The first-order valence-corrected chi connectivity index (χ1v) is 6.96. The van der Waals surface area contributed by atoms with E-state index in [0.29, 0.717) is 12.1 Å². The standard InChI is InChI=1S/C13H25N3O/c1-11(2)15-9-5-12(6-10-15)14-13(17)16-7-3-4-8-16/h11-12H,3-10H2,1-2H3,(H,14,17). The van der Waals surface area contributed by atoms with Crippen molar-refractivity contribution in [2.75, 3.05) is 26.2 Å². The molecule has 2 saturated heterocycles. The van der Waals surface area contributed by atoms with Crippen molar-refractivity contribution >= 4 is 6.03 Å². The second-order valence-electron chi connectivity index (χ2n) is 5.55. The Bertz CT molecular complexity index is 253. The first-order valence-electron chi connectivity index (χ1n) is 6.96. The molecule has 2 amide bonds. The maximum absolute atomic E-state index is 11.9. The second-order valence-corrected chi connectivity index (χ2v) is 5.55. The third kappa shape index (κ3) is 3.35. The lowest BCUT2D eigenvalue weighted by Crippen LogP contribution is -2.49. The third-order valence-corrected chi connectivity index (χ3v) is 3.98. The fourth-order valence-corrected chi connectivity index (χ4v) is 2.75. The zero-order valence-electron chi connectivity index (χ0n) is 11.1. The van der Waals surface area contributed by atoms with Crippen LogP contribution in [0, 0.1) is 0 Å². The van der Waals surface area contributed by atoms with Crippen molar-refractivity contribution < 1.29 is 4.79 Å². The molecule has 0 aromatic heterocycles. The molecule has 0 saturated carbocycles. The van der Waals surface area contributed by atoms with Gasteiger partial charge in [-0.1, -0.05) is 0 Å². The van der Waals surface area contributed by atoms with Crippen molar-refractivity contribution in [3.8, 4) is 0 Å². The summed E-state index contributed by atoms with van der Waals surface area (Å²) in [6.45, 7) is 8.59. The lowest BCUT2D eigenvalue weighted by molar-refractivity contribution is 0.155. The molecule has 2 heterocycles. The Kier molecular flexibility index (Phi) is 4.26. The number of hydrogen-bond donors (Lipinski definition) is 1. The van der Waals surface area contributed by atoms with Crippen LogP contribution >= 0.6 is 0 Å². The smallest absolute Gasteiger partial charge is 0.317 e. The molecule has 0 bridgehead atoms. The zero-order chi connectivity index (χ0) is 12.3. The van der Waals surface area contributed by atoms with E-state index in [1.165, 1.54) is 12.8 Å². The summed E-state index contributed by atoms with van der Waals surface area (Å²) in [5.41, 5.74) is 0. The van der Waals surface area contributed by atoms with Crippen LogP contribution in [-0.2, 0) is 0 Å². The molecule has 0 aromatic carbocycles. The summed E-state index contributed by atoms with van der Waals surface area (Å²) < 4.78 is 0. The van der Waals surface area contributed by atoms with E-state index in [0.717, 1.165) is 39.0 Å². The van der Waals surface area contributed by atoms with Crippen LogP contribution in [0.25, 0.3) is 0 Å². The van der Waals surface area contributed by atoms with Crippen LogP contribution < -0.4 is 5.32 Å². The molecule has 0 spiro atoms. The van der Waals surface area contributed by atoms with E-state index in [-0.39, 0.29) is 6.03 Å². The summed E-state index contributed by atoms with van der Waals surface area (Å²) in [5.74, 6) is 0. The zero-order valence-corrected chi connectivity index (χ0v) is 11.1. The van der Waals surface area contributed by atoms with Gasteiger partial charge in [0.25, 0.3) is 0 Å². The first-order chi connectivity index (χ1) is 8.16. The Morgan fingerprint density at radius 1 is 1.12 bits per heavy atom. The van der Waals surface area contributed by atoms with Gasteiger partial charge in [0, 0.05) is 38.3 Å². The topological polar surface area (TPSA) is 35.6 Å². The highest BCUT2D eigenvalue weighted by molar-refractivity contribution is 5.74. The molecule has 2 rings (SSSR count). The van der Waals surface area contributed by atoms with E-state index in [4.69, 9.17) is 0 Å². The number of carbonyl (C=O) groups is 1. The lowest BCUT2D eigenvalue weighted by Gasteiger charge is -2.35. The Hall–Kier alpha value is -0.770. The molecule has 17 heavy (non-hydrogen) atoms. The van der Waals surface area contributed by atoms with Gasteiger partial charge in [-0.2, -0.15) is 0 Å². The number of rotatable bonds is 2. The Morgan fingerprint density at radius 3 is 2.24 bits per heavy atom. The summed E-state index contributed by atoms with van der Waals surface area (Å²) in [6, 6.07) is 1.17. The molecule has 2 fully saturated rings. The first kappa shape index (κ1) is 12.7. The SMILES string of the molecule is CC(C)N1CCC(NC(=O)N2CCCC2)CC1. The minimum absolute atomic E-state index is 0.158. The van der Waals surface area contributed by atoms with E-state index in [1.54, 1.807) is 0 Å². The summed E-state index contributed by atoms with van der Waals surface area (Å²) in [5, 5.41) is 3.18. The van der Waals surface area contributed by atoms with Gasteiger partial charge in [0.05, 0.1) is 0 Å². The maximum atomic E-state index is 11.9. The van der Waals surface area contributed by atoms with Crippen LogP contribution in [0.4, 0.5) is 4.79 Å². The molecular formula is C13H25N3O. The van der Waals surface area contributed by atoms with E-state index < -0.39 is 0 Å². The quantitative estimate of drug-likeness (QED) is 0.795. The van der Waals surface area contributed by atoms with Gasteiger partial charge in [0.2, 0.25) is 0 Å². The lowest BCUT2D eigenvalue weighted by atomic mass is 10.0. The Morgan fingerprint density at radius 2 is 1.71 bits per heavy atom. The molecule has 0 aliphatic carbocycles. The highest BCUT2D eigenvalue weighted by Gasteiger charge is 2.24. The van der Waals surface area contributed by atoms with Crippen molar-refractivity contribution in [1.29, 1.82) is 0 Å². The van der Waals surface area contributed by atoms with Gasteiger partial charge in [0.15, 0.2) is 0 Å².